The van der Waals surface area contributed by atoms with Gasteiger partial charge in [-0.1, -0.05) is 12.1 Å². The predicted molar refractivity (Wildman–Crippen MR) is 121 cm³/mol. The third kappa shape index (κ3) is 4.22. The molecular weight excluding hydrogens is 439 g/mol. The second-order valence-corrected chi connectivity index (χ2v) is 8.36. The number of nitrogens with two attached hydrogens (primary N) is 1. The summed E-state index contributed by atoms with van der Waals surface area (Å²) in [6.45, 7) is 3.80. The SMILES string of the molecule is Cc1cc(-c2c(C)sc3ncnc(N)c23)ccc1NC(=O)Nc1cccc(C(F)(F)F)c1. The van der Waals surface area contributed by atoms with Crippen LogP contribution in [0, 0.1) is 13.8 Å². The molecule has 0 atom stereocenters. The number of amides is 2. The molecule has 32 heavy (non-hydrogen) atoms. The number of aromatic nitrogens is 2. The third-order valence-corrected chi connectivity index (χ3v) is 5.92. The highest BCUT2D eigenvalue weighted by Gasteiger charge is 2.30. The van der Waals surface area contributed by atoms with Crippen LogP contribution in [0.15, 0.2) is 48.8 Å². The van der Waals surface area contributed by atoms with Crippen LogP contribution in [0.1, 0.15) is 16.0 Å². The van der Waals surface area contributed by atoms with E-state index < -0.39 is 17.8 Å². The van der Waals surface area contributed by atoms with Gasteiger partial charge in [0.1, 0.15) is 17.0 Å². The van der Waals surface area contributed by atoms with Crippen LogP contribution in [0.2, 0.25) is 0 Å². The van der Waals surface area contributed by atoms with Gasteiger partial charge in [0.05, 0.1) is 10.9 Å². The van der Waals surface area contributed by atoms with Gasteiger partial charge in [-0.2, -0.15) is 13.2 Å². The summed E-state index contributed by atoms with van der Waals surface area (Å²) in [5.41, 5.74) is 8.42. The van der Waals surface area contributed by atoms with E-state index in [-0.39, 0.29) is 5.69 Å². The summed E-state index contributed by atoms with van der Waals surface area (Å²) in [4.78, 5) is 22.5. The normalized spacial score (nSPS) is 11.5. The van der Waals surface area contributed by atoms with Gasteiger partial charge >= 0.3 is 12.2 Å². The second-order valence-electron chi connectivity index (χ2n) is 7.16. The highest BCUT2D eigenvalue weighted by atomic mass is 32.1. The molecule has 2 heterocycles. The molecule has 0 spiro atoms. The van der Waals surface area contributed by atoms with Crippen LogP contribution in [-0.2, 0) is 6.18 Å². The number of benzene rings is 2. The number of rotatable bonds is 3. The number of urea groups is 1. The first kappa shape index (κ1) is 21.6. The molecule has 4 N–H and O–H groups in total. The second kappa shape index (κ2) is 8.12. The van der Waals surface area contributed by atoms with Crippen molar-refractivity contribution in [3.05, 3.63) is 64.8 Å². The molecule has 164 valence electrons. The maximum Gasteiger partial charge on any atom is 0.416 e. The van der Waals surface area contributed by atoms with Crippen molar-refractivity contribution in [2.75, 3.05) is 16.4 Å². The van der Waals surface area contributed by atoms with Gasteiger partial charge in [-0.25, -0.2) is 14.8 Å². The molecule has 0 aliphatic heterocycles. The van der Waals surface area contributed by atoms with E-state index >= 15 is 0 Å². The minimum absolute atomic E-state index is 0.0439. The maximum absolute atomic E-state index is 12.9. The van der Waals surface area contributed by atoms with Crippen LogP contribution >= 0.6 is 11.3 Å². The Hall–Kier alpha value is -3.66. The molecule has 0 radical (unpaired) electrons. The average Bonchev–Trinajstić information content (AvgIpc) is 3.06. The maximum atomic E-state index is 12.9. The van der Waals surface area contributed by atoms with Crippen LogP contribution in [0.25, 0.3) is 21.3 Å². The number of hydrogen-bond acceptors (Lipinski definition) is 5. The van der Waals surface area contributed by atoms with Crippen molar-refractivity contribution in [2.24, 2.45) is 0 Å². The Labute approximate surface area is 185 Å². The minimum atomic E-state index is -4.49. The van der Waals surface area contributed by atoms with Crippen molar-refractivity contribution in [2.45, 2.75) is 20.0 Å². The van der Waals surface area contributed by atoms with E-state index in [0.29, 0.717) is 11.5 Å². The average molecular weight is 457 g/mol. The number of aryl methyl sites for hydroxylation is 2. The zero-order valence-corrected chi connectivity index (χ0v) is 17.9. The topological polar surface area (TPSA) is 92.9 Å². The Balaban J connectivity index is 1.56. The Kier molecular flexibility index (Phi) is 5.47. The fourth-order valence-electron chi connectivity index (χ4n) is 3.43. The number of anilines is 3. The monoisotopic (exact) mass is 457 g/mol. The number of fused-ring (bicyclic) bond motifs is 1. The molecule has 0 aliphatic rings. The van der Waals surface area contributed by atoms with E-state index in [1.807, 2.05) is 26.0 Å². The lowest BCUT2D eigenvalue weighted by atomic mass is 10.0. The molecule has 0 saturated heterocycles. The first-order valence-electron chi connectivity index (χ1n) is 9.49. The van der Waals surface area contributed by atoms with E-state index in [4.69, 9.17) is 5.73 Å². The molecule has 2 aromatic carbocycles. The molecule has 4 rings (SSSR count). The van der Waals surface area contributed by atoms with Crippen LogP contribution < -0.4 is 16.4 Å². The summed E-state index contributed by atoms with van der Waals surface area (Å²) in [6.07, 6.45) is -3.06. The number of alkyl halides is 3. The van der Waals surface area contributed by atoms with Crippen molar-refractivity contribution in [3.8, 4) is 11.1 Å². The van der Waals surface area contributed by atoms with E-state index in [1.165, 1.54) is 29.8 Å². The van der Waals surface area contributed by atoms with Crippen LogP contribution in [0.5, 0.6) is 0 Å². The zero-order valence-electron chi connectivity index (χ0n) is 17.0. The number of nitrogen functional groups attached to an aromatic ring is 1. The number of nitrogens with zero attached hydrogens (tertiary/aromatic N) is 2. The van der Waals surface area contributed by atoms with E-state index in [9.17, 15) is 18.0 Å². The minimum Gasteiger partial charge on any atom is -0.383 e. The molecule has 0 fully saturated rings. The number of carbonyl (C=O) groups is 1. The largest absolute Gasteiger partial charge is 0.416 e. The summed E-state index contributed by atoms with van der Waals surface area (Å²) in [5.74, 6) is 0.398. The number of halogens is 3. The number of hydrogen-bond donors (Lipinski definition) is 3. The molecule has 10 heteroatoms. The van der Waals surface area contributed by atoms with Gasteiger partial charge < -0.3 is 16.4 Å². The summed E-state index contributed by atoms with van der Waals surface area (Å²) in [7, 11) is 0. The molecule has 2 aromatic heterocycles. The Morgan fingerprint density at radius 2 is 1.84 bits per heavy atom. The molecular formula is C22H18F3N5OS. The highest BCUT2D eigenvalue weighted by molar-refractivity contribution is 7.19. The molecule has 0 aliphatic carbocycles. The molecule has 0 bridgehead atoms. The Bertz CT molecular complexity index is 1330. The summed E-state index contributed by atoms with van der Waals surface area (Å²) in [5, 5.41) is 5.90. The number of nitrogens with one attached hydrogen (secondary N) is 2. The lowest BCUT2D eigenvalue weighted by Crippen LogP contribution is -2.20. The zero-order chi connectivity index (χ0) is 23.0. The van der Waals surface area contributed by atoms with Gasteiger partial charge in [-0.05, 0) is 55.3 Å². The van der Waals surface area contributed by atoms with Gasteiger partial charge in [0.15, 0.2) is 0 Å². The van der Waals surface area contributed by atoms with Crippen LogP contribution in [-0.4, -0.2) is 16.0 Å². The standard InChI is InChI=1S/C22H18F3N5OS/c1-11-8-13(17-12(2)32-20-18(17)19(26)27-10-28-20)6-7-16(11)30-21(31)29-15-5-3-4-14(9-15)22(23,24)25/h3-10H,1-2H3,(H2,26,27,28)(H2,29,30,31). The number of thiophene rings is 1. The van der Waals surface area contributed by atoms with Gasteiger partial charge in [0.25, 0.3) is 0 Å². The fraction of sp³-hybridized carbons (Fsp3) is 0.136. The first-order valence-corrected chi connectivity index (χ1v) is 10.3. The Morgan fingerprint density at radius 1 is 1.06 bits per heavy atom. The molecule has 0 unspecified atom stereocenters. The van der Waals surface area contributed by atoms with E-state index in [1.54, 1.807) is 6.07 Å². The molecule has 0 saturated carbocycles. The lowest BCUT2D eigenvalue weighted by molar-refractivity contribution is -0.137. The predicted octanol–water partition coefficient (Wildman–Crippen LogP) is 6.22. The van der Waals surface area contributed by atoms with Gasteiger partial charge in [0.2, 0.25) is 0 Å². The lowest BCUT2D eigenvalue weighted by Gasteiger charge is -2.13. The summed E-state index contributed by atoms with van der Waals surface area (Å²) < 4.78 is 38.6. The third-order valence-electron chi connectivity index (χ3n) is 4.90. The van der Waals surface area contributed by atoms with Crippen LogP contribution in [0.4, 0.5) is 35.2 Å². The molecule has 6 nitrogen and oxygen atoms in total. The van der Waals surface area contributed by atoms with Gasteiger partial charge in [-0.3, -0.25) is 0 Å². The summed E-state index contributed by atoms with van der Waals surface area (Å²) in [6, 6.07) is 9.29. The van der Waals surface area contributed by atoms with E-state index in [2.05, 4.69) is 20.6 Å². The highest BCUT2D eigenvalue weighted by Crippen LogP contribution is 2.40. The smallest absolute Gasteiger partial charge is 0.383 e. The van der Waals surface area contributed by atoms with E-state index in [0.717, 1.165) is 43.9 Å². The van der Waals surface area contributed by atoms with Crippen molar-refractivity contribution < 1.29 is 18.0 Å². The Morgan fingerprint density at radius 3 is 2.56 bits per heavy atom. The fourth-order valence-corrected chi connectivity index (χ4v) is 4.45. The quantitative estimate of drug-likeness (QED) is 0.340. The number of carbonyl (C=O) groups excluding carboxylic acids is 1. The molecule has 4 aromatic rings. The molecule has 2 amide bonds. The summed E-state index contributed by atoms with van der Waals surface area (Å²) >= 11 is 1.52. The first-order chi connectivity index (χ1) is 15.1. The van der Waals surface area contributed by atoms with Gasteiger partial charge in [0, 0.05) is 21.8 Å². The van der Waals surface area contributed by atoms with Crippen molar-refractivity contribution in [3.63, 3.8) is 0 Å². The van der Waals surface area contributed by atoms with Crippen molar-refractivity contribution in [1.82, 2.24) is 9.97 Å². The van der Waals surface area contributed by atoms with Crippen LogP contribution in [0.3, 0.4) is 0 Å². The van der Waals surface area contributed by atoms with Crippen molar-refractivity contribution in [1.29, 1.82) is 0 Å². The van der Waals surface area contributed by atoms with Crippen molar-refractivity contribution >= 4 is 44.8 Å². The van der Waals surface area contributed by atoms with Gasteiger partial charge in [-0.15, -0.1) is 11.3 Å².